The van der Waals surface area contributed by atoms with Gasteiger partial charge in [-0.1, -0.05) is 19.1 Å². The van der Waals surface area contributed by atoms with Gasteiger partial charge < -0.3 is 5.32 Å². The summed E-state index contributed by atoms with van der Waals surface area (Å²) in [5, 5.41) is 3.29. The second-order valence-electron chi connectivity index (χ2n) is 5.33. The molecule has 21 heavy (non-hydrogen) atoms. The fraction of sp³-hybridized carbons (Fsp3) is 0.600. The highest BCUT2D eigenvalue weighted by Crippen LogP contribution is 2.19. The van der Waals surface area contributed by atoms with E-state index in [1.165, 1.54) is 0 Å². The topological polar surface area (TPSA) is 58.2 Å². The highest BCUT2D eigenvalue weighted by Gasteiger charge is 2.22. The summed E-state index contributed by atoms with van der Waals surface area (Å²) in [5.41, 5.74) is 1.01. The second kappa shape index (κ2) is 8.17. The molecule has 0 radical (unpaired) electrons. The van der Waals surface area contributed by atoms with Crippen molar-refractivity contribution in [2.24, 2.45) is 0 Å². The summed E-state index contributed by atoms with van der Waals surface area (Å²) in [5.74, 6) is 2.07. The van der Waals surface area contributed by atoms with E-state index < -0.39 is 10.0 Å². The van der Waals surface area contributed by atoms with E-state index in [2.05, 4.69) is 17.0 Å². The van der Waals surface area contributed by atoms with Crippen molar-refractivity contribution in [1.29, 1.82) is 0 Å². The molecule has 2 rings (SSSR count). The lowest BCUT2D eigenvalue weighted by Gasteiger charge is -2.22. The van der Waals surface area contributed by atoms with Crippen LogP contribution in [-0.4, -0.2) is 32.5 Å². The Morgan fingerprint density at radius 2 is 2.05 bits per heavy atom. The molecule has 1 aromatic rings. The molecule has 0 amide bonds. The molecule has 0 bridgehead atoms. The average Bonchev–Trinajstić information content (AvgIpc) is 2.48. The zero-order chi connectivity index (χ0) is 15.1. The number of benzene rings is 1. The van der Waals surface area contributed by atoms with E-state index in [-0.39, 0.29) is 6.04 Å². The maximum Gasteiger partial charge on any atom is 0.240 e. The highest BCUT2D eigenvalue weighted by molar-refractivity contribution is 7.99. The Bertz CT molecular complexity index is 540. The smallest absolute Gasteiger partial charge is 0.240 e. The number of hydrogen-bond acceptors (Lipinski definition) is 4. The van der Waals surface area contributed by atoms with Gasteiger partial charge in [0.15, 0.2) is 0 Å². The van der Waals surface area contributed by atoms with Crippen LogP contribution in [0.2, 0.25) is 0 Å². The second-order valence-corrected chi connectivity index (χ2v) is 8.27. The summed E-state index contributed by atoms with van der Waals surface area (Å²) >= 11 is 1.89. The van der Waals surface area contributed by atoms with Gasteiger partial charge in [-0.3, -0.25) is 0 Å². The minimum absolute atomic E-state index is 0.0816. The molecule has 1 aliphatic heterocycles. The Kier molecular flexibility index (Phi) is 6.54. The SMILES string of the molecule is CCCNCc1cccc(S(=O)(=O)NC2CCSCC2)c1. The molecule has 0 spiro atoms. The van der Waals surface area contributed by atoms with Gasteiger partial charge in [0.25, 0.3) is 0 Å². The summed E-state index contributed by atoms with van der Waals surface area (Å²) in [7, 11) is -3.40. The average molecular weight is 329 g/mol. The third-order valence-corrected chi connectivity index (χ3v) is 6.07. The molecule has 6 heteroatoms. The highest BCUT2D eigenvalue weighted by atomic mass is 32.2. The lowest BCUT2D eigenvalue weighted by Crippen LogP contribution is -2.37. The maximum absolute atomic E-state index is 12.4. The van der Waals surface area contributed by atoms with E-state index in [9.17, 15) is 8.42 Å². The summed E-state index contributed by atoms with van der Waals surface area (Å²) in [6.45, 7) is 3.76. The lowest BCUT2D eigenvalue weighted by atomic mass is 10.2. The quantitative estimate of drug-likeness (QED) is 0.755. The molecule has 1 aliphatic rings. The first kappa shape index (κ1) is 16.8. The monoisotopic (exact) mass is 328 g/mol. The number of thioether (sulfide) groups is 1. The van der Waals surface area contributed by atoms with Gasteiger partial charge in [-0.25, -0.2) is 13.1 Å². The summed E-state index contributed by atoms with van der Waals surface area (Å²) in [4.78, 5) is 0.372. The van der Waals surface area contributed by atoms with E-state index in [4.69, 9.17) is 0 Å². The van der Waals surface area contributed by atoms with Crippen molar-refractivity contribution in [1.82, 2.24) is 10.0 Å². The van der Waals surface area contributed by atoms with Crippen LogP contribution >= 0.6 is 11.8 Å². The van der Waals surface area contributed by atoms with Crippen LogP contribution in [0.25, 0.3) is 0 Å². The predicted molar refractivity (Wildman–Crippen MR) is 89.1 cm³/mol. The van der Waals surface area contributed by atoms with Crippen LogP contribution in [0.5, 0.6) is 0 Å². The van der Waals surface area contributed by atoms with Gasteiger partial charge in [-0.2, -0.15) is 11.8 Å². The number of hydrogen-bond donors (Lipinski definition) is 2. The maximum atomic E-state index is 12.4. The Hall–Kier alpha value is -0.560. The first-order chi connectivity index (χ1) is 10.1. The normalized spacial score (nSPS) is 17.0. The Morgan fingerprint density at radius 3 is 2.76 bits per heavy atom. The van der Waals surface area contributed by atoms with Crippen molar-refractivity contribution >= 4 is 21.8 Å². The fourth-order valence-corrected chi connectivity index (χ4v) is 4.82. The molecule has 4 nitrogen and oxygen atoms in total. The molecule has 0 aliphatic carbocycles. The van der Waals surface area contributed by atoms with Gasteiger partial charge in [-0.05, 0) is 55.0 Å². The predicted octanol–water partition coefficient (Wildman–Crippen LogP) is 2.36. The third-order valence-electron chi connectivity index (χ3n) is 3.51. The Labute approximate surface area is 132 Å². The van der Waals surface area contributed by atoms with Crippen LogP contribution in [0.15, 0.2) is 29.2 Å². The molecule has 118 valence electrons. The van der Waals surface area contributed by atoms with Gasteiger partial charge in [-0.15, -0.1) is 0 Å². The third kappa shape index (κ3) is 5.29. The van der Waals surface area contributed by atoms with Crippen molar-refractivity contribution < 1.29 is 8.42 Å². The van der Waals surface area contributed by atoms with Gasteiger partial charge in [0.05, 0.1) is 4.90 Å². The van der Waals surface area contributed by atoms with E-state index in [0.717, 1.165) is 42.9 Å². The van der Waals surface area contributed by atoms with E-state index in [0.29, 0.717) is 11.4 Å². The lowest BCUT2D eigenvalue weighted by molar-refractivity contribution is 0.528. The Morgan fingerprint density at radius 1 is 1.29 bits per heavy atom. The summed E-state index contributed by atoms with van der Waals surface area (Å²) in [6.07, 6.45) is 2.91. The number of rotatable bonds is 7. The van der Waals surface area contributed by atoms with Crippen LogP contribution in [0, 0.1) is 0 Å². The van der Waals surface area contributed by atoms with Gasteiger partial charge in [0.2, 0.25) is 10.0 Å². The summed E-state index contributed by atoms with van der Waals surface area (Å²) in [6, 6.07) is 7.29. The first-order valence-corrected chi connectivity index (χ1v) is 10.2. The van der Waals surface area contributed by atoms with Crippen LogP contribution in [-0.2, 0) is 16.6 Å². The minimum Gasteiger partial charge on any atom is -0.313 e. The van der Waals surface area contributed by atoms with Crippen LogP contribution in [0.3, 0.4) is 0 Å². The van der Waals surface area contributed by atoms with E-state index in [1.54, 1.807) is 12.1 Å². The van der Waals surface area contributed by atoms with Crippen LogP contribution < -0.4 is 10.0 Å². The fourth-order valence-electron chi connectivity index (χ4n) is 2.34. The van der Waals surface area contributed by atoms with E-state index in [1.807, 2.05) is 23.9 Å². The van der Waals surface area contributed by atoms with Gasteiger partial charge in [0, 0.05) is 12.6 Å². The molecule has 0 atom stereocenters. The van der Waals surface area contributed by atoms with Crippen molar-refractivity contribution in [2.75, 3.05) is 18.1 Å². The largest absolute Gasteiger partial charge is 0.313 e. The molecular weight excluding hydrogens is 304 g/mol. The Balaban J connectivity index is 2.02. The van der Waals surface area contributed by atoms with Gasteiger partial charge in [0.1, 0.15) is 0 Å². The zero-order valence-corrected chi connectivity index (χ0v) is 14.1. The van der Waals surface area contributed by atoms with Crippen LogP contribution in [0.4, 0.5) is 0 Å². The first-order valence-electron chi connectivity index (χ1n) is 7.51. The summed E-state index contributed by atoms with van der Waals surface area (Å²) < 4.78 is 27.7. The molecular formula is C15H24N2O2S2. The molecule has 1 heterocycles. The number of nitrogens with one attached hydrogen (secondary N) is 2. The molecule has 2 N–H and O–H groups in total. The molecule has 0 unspecified atom stereocenters. The molecule has 1 saturated heterocycles. The molecule has 0 aromatic heterocycles. The minimum atomic E-state index is -3.40. The molecule has 1 aromatic carbocycles. The van der Waals surface area contributed by atoms with Crippen LogP contribution in [0.1, 0.15) is 31.7 Å². The van der Waals surface area contributed by atoms with Crippen molar-refractivity contribution in [2.45, 2.75) is 43.7 Å². The standard InChI is InChI=1S/C15H24N2O2S2/c1-2-8-16-12-13-4-3-5-15(11-13)21(18,19)17-14-6-9-20-10-7-14/h3-5,11,14,16-17H,2,6-10,12H2,1H3. The number of sulfonamides is 1. The molecule has 0 saturated carbocycles. The van der Waals surface area contributed by atoms with Crippen molar-refractivity contribution in [3.63, 3.8) is 0 Å². The zero-order valence-electron chi connectivity index (χ0n) is 12.5. The van der Waals surface area contributed by atoms with Crippen molar-refractivity contribution in [3.8, 4) is 0 Å². The van der Waals surface area contributed by atoms with E-state index >= 15 is 0 Å². The molecule has 1 fully saturated rings. The van der Waals surface area contributed by atoms with Gasteiger partial charge >= 0.3 is 0 Å². The van der Waals surface area contributed by atoms with Crippen molar-refractivity contribution in [3.05, 3.63) is 29.8 Å².